The summed E-state index contributed by atoms with van der Waals surface area (Å²) >= 11 is 0. The predicted octanol–water partition coefficient (Wildman–Crippen LogP) is 2.38. The highest BCUT2D eigenvalue weighted by molar-refractivity contribution is 5.96. The molecule has 1 aliphatic heterocycles. The molecule has 6 nitrogen and oxygen atoms in total. The molecule has 134 valence electrons. The largest absolute Gasteiger partial charge is 0.335 e. The van der Waals surface area contributed by atoms with Crippen LogP contribution in [0.4, 0.5) is 8.78 Å². The van der Waals surface area contributed by atoms with E-state index in [1.54, 1.807) is 11.0 Å². The van der Waals surface area contributed by atoms with E-state index in [4.69, 9.17) is 0 Å². The van der Waals surface area contributed by atoms with Gasteiger partial charge in [0.2, 0.25) is 0 Å². The molecule has 1 fully saturated rings. The lowest BCUT2D eigenvalue weighted by atomic mass is 10.0. The average Bonchev–Trinajstić information content (AvgIpc) is 3.22. The third kappa shape index (κ3) is 2.98. The molecule has 0 aliphatic carbocycles. The van der Waals surface area contributed by atoms with Gasteiger partial charge in [-0.3, -0.25) is 9.78 Å². The summed E-state index contributed by atoms with van der Waals surface area (Å²) in [6.07, 6.45) is 3.18. The Kier molecular flexibility index (Phi) is 4.02. The molecule has 0 saturated carbocycles. The van der Waals surface area contributed by atoms with E-state index in [1.165, 1.54) is 12.3 Å². The lowest BCUT2D eigenvalue weighted by Crippen LogP contribution is -2.37. The number of H-pyrrole nitrogens is 2. The molecule has 1 atom stereocenters. The minimum atomic E-state index is -0.497. The Morgan fingerprint density at radius 3 is 2.96 bits per heavy atom. The van der Waals surface area contributed by atoms with Crippen molar-refractivity contribution in [3.05, 3.63) is 63.7 Å². The van der Waals surface area contributed by atoms with Crippen molar-refractivity contribution in [3.8, 4) is 0 Å². The summed E-state index contributed by atoms with van der Waals surface area (Å²) in [6.45, 7) is 0.544. The average molecular weight is 358 g/mol. The van der Waals surface area contributed by atoms with Crippen LogP contribution in [0.3, 0.4) is 0 Å². The molecule has 1 aromatic carbocycles. The van der Waals surface area contributed by atoms with Crippen LogP contribution in [-0.4, -0.2) is 38.3 Å². The van der Waals surface area contributed by atoms with Crippen LogP contribution in [-0.2, 0) is 6.42 Å². The summed E-state index contributed by atoms with van der Waals surface area (Å²) in [7, 11) is 0. The fourth-order valence-electron chi connectivity index (χ4n) is 3.47. The number of likely N-dealkylation sites (tertiary alicyclic amines) is 1. The van der Waals surface area contributed by atoms with Gasteiger partial charge in [0.25, 0.3) is 5.91 Å². The van der Waals surface area contributed by atoms with Gasteiger partial charge in [0.05, 0.1) is 11.1 Å². The zero-order valence-corrected chi connectivity index (χ0v) is 13.8. The van der Waals surface area contributed by atoms with Gasteiger partial charge in [0.15, 0.2) is 5.65 Å². The van der Waals surface area contributed by atoms with Crippen LogP contribution in [0.15, 0.2) is 35.3 Å². The smallest absolute Gasteiger partial charge is 0.325 e. The molecule has 2 N–H and O–H groups in total. The number of amides is 1. The maximum atomic E-state index is 13.9. The van der Waals surface area contributed by atoms with E-state index in [9.17, 15) is 18.4 Å². The van der Waals surface area contributed by atoms with Gasteiger partial charge in [-0.1, -0.05) is 0 Å². The first kappa shape index (κ1) is 16.4. The van der Waals surface area contributed by atoms with Gasteiger partial charge in [-0.05, 0) is 49.1 Å². The fraction of sp³-hybridized carbons (Fsp3) is 0.278. The summed E-state index contributed by atoms with van der Waals surface area (Å²) in [5.74, 6) is -1.21. The quantitative estimate of drug-likeness (QED) is 0.754. The van der Waals surface area contributed by atoms with E-state index in [1.807, 2.05) is 0 Å². The number of imidazole rings is 1. The van der Waals surface area contributed by atoms with E-state index in [-0.39, 0.29) is 23.9 Å². The Labute approximate surface area is 146 Å². The molecule has 3 heterocycles. The van der Waals surface area contributed by atoms with Gasteiger partial charge >= 0.3 is 5.69 Å². The van der Waals surface area contributed by atoms with Crippen molar-refractivity contribution >= 4 is 17.1 Å². The van der Waals surface area contributed by atoms with E-state index in [2.05, 4.69) is 15.0 Å². The van der Waals surface area contributed by atoms with Crippen LogP contribution in [0.2, 0.25) is 0 Å². The molecule has 4 rings (SSSR count). The minimum Gasteiger partial charge on any atom is -0.335 e. The number of benzene rings is 1. The van der Waals surface area contributed by atoms with Crippen LogP contribution in [0.1, 0.15) is 28.8 Å². The van der Waals surface area contributed by atoms with Gasteiger partial charge in [0.1, 0.15) is 11.6 Å². The third-order valence-corrected chi connectivity index (χ3v) is 4.72. The number of fused-ring (bicyclic) bond motifs is 1. The second kappa shape index (κ2) is 6.36. The van der Waals surface area contributed by atoms with Crippen LogP contribution < -0.4 is 5.69 Å². The maximum absolute atomic E-state index is 13.9. The second-order valence-electron chi connectivity index (χ2n) is 6.43. The molecular weight excluding hydrogens is 342 g/mol. The van der Waals surface area contributed by atoms with Gasteiger partial charge < -0.3 is 9.88 Å². The third-order valence-electron chi connectivity index (χ3n) is 4.72. The number of halogens is 2. The Morgan fingerprint density at radius 1 is 1.27 bits per heavy atom. The number of hydrogen-bond acceptors (Lipinski definition) is 3. The van der Waals surface area contributed by atoms with Crippen molar-refractivity contribution in [1.29, 1.82) is 0 Å². The van der Waals surface area contributed by atoms with Crippen LogP contribution in [0.25, 0.3) is 11.2 Å². The molecule has 2 aromatic heterocycles. The SMILES string of the molecule is O=C(c1cnc2[nH]c(=O)[nH]c2c1)N1CCC[C@H]1Cc1cc(F)ccc1F. The first-order chi connectivity index (χ1) is 12.5. The van der Waals surface area contributed by atoms with E-state index >= 15 is 0 Å². The molecule has 0 radical (unpaired) electrons. The van der Waals surface area contributed by atoms with Crippen molar-refractivity contribution in [2.45, 2.75) is 25.3 Å². The van der Waals surface area contributed by atoms with Crippen molar-refractivity contribution in [2.24, 2.45) is 0 Å². The number of aromatic nitrogens is 3. The van der Waals surface area contributed by atoms with E-state index in [0.29, 0.717) is 23.3 Å². The molecule has 3 aromatic rings. The molecule has 0 spiro atoms. The summed E-state index contributed by atoms with van der Waals surface area (Å²) in [5.41, 5.74) is 1.05. The predicted molar refractivity (Wildman–Crippen MR) is 90.8 cm³/mol. The normalized spacial score (nSPS) is 17.2. The van der Waals surface area contributed by atoms with Crippen molar-refractivity contribution in [1.82, 2.24) is 19.9 Å². The van der Waals surface area contributed by atoms with Gasteiger partial charge in [-0.15, -0.1) is 0 Å². The number of nitrogens with zero attached hydrogens (tertiary/aromatic N) is 2. The van der Waals surface area contributed by atoms with Crippen LogP contribution in [0.5, 0.6) is 0 Å². The summed E-state index contributed by atoms with van der Waals surface area (Å²) in [4.78, 5) is 35.0. The number of carbonyl (C=O) groups excluding carboxylic acids is 1. The highest BCUT2D eigenvalue weighted by Gasteiger charge is 2.30. The van der Waals surface area contributed by atoms with Gasteiger partial charge in [-0.25, -0.2) is 18.6 Å². The minimum absolute atomic E-state index is 0.209. The molecule has 0 bridgehead atoms. The van der Waals surface area contributed by atoms with Crippen molar-refractivity contribution in [2.75, 3.05) is 6.54 Å². The Balaban J connectivity index is 1.59. The standard InChI is InChI=1S/C18H16F2N4O2/c19-12-3-4-14(20)10(6-12)7-13-2-1-5-24(13)17(25)11-8-15-16(21-9-11)23-18(26)22-15/h3-4,6,8-9,13H,1-2,5,7H2,(H2,21,22,23,26)/t13-/m0/s1. The molecule has 1 saturated heterocycles. The fourth-order valence-corrected chi connectivity index (χ4v) is 3.47. The Bertz CT molecular complexity index is 1040. The van der Waals surface area contributed by atoms with Crippen molar-refractivity contribution < 1.29 is 13.6 Å². The number of hydrogen-bond donors (Lipinski definition) is 2. The molecule has 0 unspecified atom stereocenters. The topological polar surface area (TPSA) is 81.8 Å². The molecule has 1 aliphatic rings. The Hall–Kier alpha value is -3.03. The molecule has 26 heavy (non-hydrogen) atoms. The summed E-state index contributed by atoms with van der Waals surface area (Å²) in [5, 5.41) is 0. The zero-order valence-electron chi connectivity index (χ0n) is 13.8. The lowest BCUT2D eigenvalue weighted by molar-refractivity contribution is 0.0735. The zero-order chi connectivity index (χ0) is 18.3. The Morgan fingerprint density at radius 2 is 2.12 bits per heavy atom. The first-order valence-electron chi connectivity index (χ1n) is 8.34. The maximum Gasteiger partial charge on any atom is 0.325 e. The second-order valence-corrected chi connectivity index (χ2v) is 6.43. The van der Waals surface area contributed by atoms with Crippen molar-refractivity contribution in [3.63, 3.8) is 0 Å². The number of rotatable bonds is 3. The van der Waals surface area contributed by atoms with Crippen LogP contribution in [0, 0.1) is 11.6 Å². The molecule has 8 heteroatoms. The number of aromatic amines is 2. The van der Waals surface area contributed by atoms with Gasteiger partial charge in [0, 0.05) is 18.8 Å². The number of carbonyl (C=O) groups is 1. The monoisotopic (exact) mass is 358 g/mol. The highest BCUT2D eigenvalue weighted by Crippen LogP contribution is 2.25. The molecule has 1 amide bonds. The lowest BCUT2D eigenvalue weighted by Gasteiger charge is -2.25. The number of nitrogens with one attached hydrogen (secondary N) is 2. The highest BCUT2D eigenvalue weighted by atomic mass is 19.1. The number of pyridine rings is 1. The summed E-state index contributed by atoms with van der Waals surface area (Å²) < 4.78 is 27.3. The van der Waals surface area contributed by atoms with E-state index in [0.717, 1.165) is 25.0 Å². The van der Waals surface area contributed by atoms with Gasteiger partial charge in [-0.2, -0.15) is 0 Å². The molecular formula is C18H16F2N4O2. The first-order valence-corrected chi connectivity index (χ1v) is 8.34. The summed E-state index contributed by atoms with van der Waals surface area (Å²) in [6, 6.07) is 4.72. The van der Waals surface area contributed by atoms with Crippen LogP contribution >= 0.6 is 0 Å². The van der Waals surface area contributed by atoms with E-state index < -0.39 is 17.3 Å².